The minimum absolute atomic E-state index is 0.00598. The summed E-state index contributed by atoms with van der Waals surface area (Å²) in [7, 11) is 1.35. The van der Waals surface area contributed by atoms with Crippen molar-refractivity contribution in [3.05, 3.63) is 72.9 Å². The number of aliphatic hydroxyl groups excluding tert-OH is 1. The molecular weight excluding hydrogens is 814 g/mol. The van der Waals surface area contributed by atoms with Gasteiger partial charge in [-0.15, -0.1) is 0 Å². The molecule has 0 aromatic rings. The number of carbonyl (C=O) groups is 2. The van der Waals surface area contributed by atoms with Crippen LogP contribution in [0.3, 0.4) is 0 Å². The molecule has 0 saturated heterocycles. The maximum atomic E-state index is 12.8. The molecule has 0 heterocycles. The predicted molar refractivity (Wildman–Crippen MR) is 262 cm³/mol. The van der Waals surface area contributed by atoms with Crippen LogP contribution in [-0.4, -0.2) is 86.1 Å². The van der Waals surface area contributed by atoms with Crippen LogP contribution < -0.4 is 0 Å². The lowest BCUT2D eigenvalue weighted by Gasteiger charge is -2.24. The van der Waals surface area contributed by atoms with Crippen molar-refractivity contribution < 1.29 is 47.2 Å². The van der Waals surface area contributed by atoms with Crippen molar-refractivity contribution in [2.24, 2.45) is 0 Å². The third-order valence-electron chi connectivity index (χ3n) is 10.4. The molecular formula is C52H93NO9P+. The van der Waals surface area contributed by atoms with Gasteiger partial charge in [0.1, 0.15) is 19.8 Å². The molecule has 0 saturated carbocycles. The molecule has 63 heavy (non-hydrogen) atoms. The molecule has 0 fully saturated rings. The van der Waals surface area contributed by atoms with E-state index >= 15 is 0 Å². The molecule has 0 aromatic heterocycles. The molecule has 0 aliphatic carbocycles. The van der Waals surface area contributed by atoms with Gasteiger partial charge in [0.25, 0.3) is 0 Å². The van der Waals surface area contributed by atoms with Crippen LogP contribution in [0.5, 0.6) is 0 Å². The normalized spacial score (nSPS) is 14.6. The Morgan fingerprint density at radius 1 is 0.571 bits per heavy atom. The summed E-state index contributed by atoms with van der Waals surface area (Å²) in [4.78, 5) is 35.5. The summed E-state index contributed by atoms with van der Waals surface area (Å²) in [6, 6.07) is 0. The maximum Gasteiger partial charge on any atom is 0.472 e. The highest BCUT2D eigenvalue weighted by molar-refractivity contribution is 7.47. The summed E-state index contributed by atoms with van der Waals surface area (Å²) in [5.74, 6) is -1.08. The number of hydrogen-bond donors (Lipinski definition) is 2. The van der Waals surface area contributed by atoms with E-state index in [1.807, 2.05) is 33.3 Å². The number of ether oxygens (including phenoxy) is 2. The zero-order valence-electron chi connectivity index (χ0n) is 40.6. The number of carbonyl (C=O) groups excluding carboxylic acids is 2. The fraction of sp³-hybridized carbons (Fsp3) is 0.731. The number of unbranched alkanes of at least 4 members (excludes halogenated alkanes) is 18. The largest absolute Gasteiger partial charge is 0.472 e. The second-order valence-electron chi connectivity index (χ2n) is 17.7. The first kappa shape index (κ1) is 60.4. The highest BCUT2D eigenvalue weighted by Crippen LogP contribution is 2.43. The summed E-state index contributed by atoms with van der Waals surface area (Å²) in [5, 5.41) is 10.3. The van der Waals surface area contributed by atoms with Gasteiger partial charge < -0.3 is 24.0 Å². The Labute approximate surface area is 385 Å². The van der Waals surface area contributed by atoms with Crippen molar-refractivity contribution in [1.29, 1.82) is 0 Å². The second kappa shape index (κ2) is 43.3. The number of hydrogen-bond acceptors (Lipinski definition) is 8. The van der Waals surface area contributed by atoms with Crippen LogP contribution in [0.1, 0.15) is 187 Å². The molecule has 10 nitrogen and oxygen atoms in total. The quantitative estimate of drug-likeness (QED) is 0.0153. The van der Waals surface area contributed by atoms with Crippen LogP contribution in [0.15, 0.2) is 72.9 Å². The molecule has 0 aliphatic heterocycles. The zero-order valence-corrected chi connectivity index (χ0v) is 41.5. The van der Waals surface area contributed by atoms with E-state index in [4.69, 9.17) is 18.5 Å². The summed E-state index contributed by atoms with van der Waals surface area (Å²) in [5.41, 5.74) is 0. The van der Waals surface area contributed by atoms with Gasteiger partial charge in [-0.3, -0.25) is 18.6 Å². The summed E-state index contributed by atoms with van der Waals surface area (Å²) in [6.07, 6.45) is 51.4. The van der Waals surface area contributed by atoms with Gasteiger partial charge in [-0.25, -0.2) is 4.57 Å². The number of esters is 2. The van der Waals surface area contributed by atoms with Gasteiger partial charge in [-0.05, 0) is 44.9 Å². The van der Waals surface area contributed by atoms with Gasteiger partial charge in [0.05, 0.1) is 33.9 Å². The van der Waals surface area contributed by atoms with Crippen LogP contribution >= 0.6 is 7.82 Å². The van der Waals surface area contributed by atoms with E-state index in [0.29, 0.717) is 17.4 Å². The molecule has 0 bridgehead atoms. The van der Waals surface area contributed by atoms with E-state index in [-0.39, 0.29) is 32.5 Å². The first-order valence-corrected chi connectivity index (χ1v) is 26.3. The van der Waals surface area contributed by atoms with Crippen molar-refractivity contribution in [2.45, 2.75) is 199 Å². The number of nitrogens with zero attached hydrogens (tertiary/aromatic N) is 1. The SMILES string of the molecule is CC/C=C\C/C=C\C/C=C\C/C=C\C/C=C\C=C/C(O)CCC(=O)OC[C@H](COP(=O)(O)OCC[N+](C)(C)C)OC(=O)CCCCCCCCCCCCCCCCCCCCC. The zero-order chi connectivity index (χ0) is 46.5. The first-order valence-electron chi connectivity index (χ1n) is 24.8. The van der Waals surface area contributed by atoms with Crippen LogP contribution in [0.4, 0.5) is 0 Å². The average Bonchev–Trinajstić information content (AvgIpc) is 3.24. The van der Waals surface area contributed by atoms with E-state index in [2.05, 4.69) is 62.5 Å². The molecule has 364 valence electrons. The highest BCUT2D eigenvalue weighted by atomic mass is 31.2. The van der Waals surface area contributed by atoms with Crippen molar-refractivity contribution in [3.8, 4) is 0 Å². The summed E-state index contributed by atoms with van der Waals surface area (Å²) < 4.78 is 34.2. The molecule has 11 heteroatoms. The number of rotatable bonds is 44. The molecule has 0 aromatic carbocycles. The second-order valence-corrected chi connectivity index (χ2v) is 19.1. The van der Waals surface area contributed by atoms with Gasteiger partial charge in [-0.2, -0.15) is 0 Å². The van der Waals surface area contributed by atoms with Crippen molar-refractivity contribution in [1.82, 2.24) is 0 Å². The fourth-order valence-electron chi connectivity index (χ4n) is 6.48. The molecule has 0 rings (SSSR count). The third-order valence-corrected chi connectivity index (χ3v) is 11.4. The van der Waals surface area contributed by atoms with Crippen LogP contribution in [0, 0.1) is 0 Å². The maximum absolute atomic E-state index is 12.8. The van der Waals surface area contributed by atoms with E-state index in [1.165, 1.54) is 96.3 Å². The molecule has 0 aliphatic rings. The Balaban J connectivity index is 4.48. The lowest BCUT2D eigenvalue weighted by Crippen LogP contribution is -2.37. The topological polar surface area (TPSA) is 129 Å². The van der Waals surface area contributed by atoms with E-state index in [9.17, 15) is 24.2 Å². The van der Waals surface area contributed by atoms with E-state index in [0.717, 1.165) is 51.4 Å². The van der Waals surface area contributed by atoms with Gasteiger partial charge in [0.15, 0.2) is 6.10 Å². The molecule has 3 atom stereocenters. The molecule has 0 spiro atoms. The summed E-state index contributed by atoms with van der Waals surface area (Å²) in [6.45, 7) is 4.05. The lowest BCUT2D eigenvalue weighted by molar-refractivity contribution is -0.870. The number of quaternary nitrogens is 1. The van der Waals surface area contributed by atoms with Crippen molar-refractivity contribution in [3.63, 3.8) is 0 Å². The number of allylic oxidation sites excluding steroid dienone is 11. The molecule has 2 N–H and O–H groups in total. The highest BCUT2D eigenvalue weighted by Gasteiger charge is 2.27. The third kappa shape index (κ3) is 47.2. The molecule has 0 amide bonds. The Morgan fingerprint density at radius 3 is 1.51 bits per heavy atom. The standard InChI is InChI=1S/C52H92NO9P/c1-6-8-10-12-14-16-18-20-22-24-25-26-28-30-32-34-36-38-40-42-52(56)62-50(48-61-63(57,58)60-46-45-53(3,4)5)47-59-51(55)44-43-49(54)41-39-37-35-33-31-29-27-23-21-19-17-15-13-11-9-7-2/h9,11,15,17,21,23,29,31,35,37,39,41,49-50,54H,6-8,10,12-14,16,18-20,22,24-28,30,32-34,36,38,40,42-48H2,1-5H3/p+1/b11-9-,17-15-,23-21-,31-29-,37-35-,41-39-/t49?,50-/m1/s1. The van der Waals surface area contributed by atoms with Crippen LogP contribution in [-0.2, 0) is 32.7 Å². The van der Waals surface area contributed by atoms with Gasteiger partial charge in [-0.1, -0.05) is 202 Å². The van der Waals surface area contributed by atoms with E-state index < -0.39 is 38.6 Å². The average molecular weight is 907 g/mol. The van der Waals surface area contributed by atoms with Gasteiger partial charge in [0, 0.05) is 12.8 Å². The number of phosphoric acid groups is 1. The lowest BCUT2D eigenvalue weighted by atomic mass is 10.0. The Bertz CT molecular complexity index is 1320. The Hall–Kier alpha value is -2.59. The Kier molecular flexibility index (Phi) is 41.5. The fourth-order valence-corrected chi connectivity index (χ4v) is 7.22. The predicted octanol–water partition coefficient (Wildman–Crippen LogP) is 13.6. The Morgan fingerprint density at radius 2 is 1.03 bits per heavy atom. The molecule has 2 unspecified atom stereocenters. The molecule has 0 radical (unpaired) electrons. The van der Waals surface area contributed by atoms with Crippen molar-refractivity contribution >= 4 is 19.8 Å². The monoisotopic (exact) mass is 907 g/mol. The van der Waals surface area contributed by atoms with Crippen LogP contribution in [0.2, 0.25) is 0 Å². The number of aliphatic hydroxyl groups is 1. The number of likely N-dealkylation sites (N-methyl/N-ethyl adjacent to an activating group) is 1. The van der Waals surface area contributed by atoms with Gasteiger partial charge in [0.2, 0.25) is 0 Å². The summed E-state index contributed by atoms with van der Waals surface area (Å²) >= 11 is 0. The minimum atomic E-state index is -4.44. The van der Waals surface area contributed by atoms with Crippen LogP contribution in [0.25, 0.3) is 0 Å². The smallest absolute Gasteiger partial charge is 0.462 e. The first-order chi connectivity index (χ1) is 30.4. The van der Waals surface area contributed by atoms with Gasteiger partial charge >= 0.3 is 19.8 Å². The van der Waals surface area contributed by atoms with E-state index in [1.54, 1.807) is 12.2 Å². The van der Waals surface area contributed by atoms with Crippen molar-refractivity contribution in [2.75, 3.05) is 47.5 Å². The number of phosphoric ester groups is 1. The minimum Gasteiger partial charge on any atom is -0.462 e.